The Labute approximate surface area is 116 Å². The molecule has 0 saturated carbocycles. The number of rotatable bonds is 5. The molecular formula is C13H11N3O3S. The molecule has 1 aromatic heterocycles. The molecule has 20 heavy (non-hydrogen) atoms. The quantitative estimate of drug-likeness (QED) is 0.839. The smallest absolute Gasteiger partial charge is 0.265 e. The maximum Gasteiger partial charge on any atom is 0.265 e. The lowest BCUT2D eigenvalue weighted by molar-refractivity contribution is 0.0795. The van der Waals surface area contributed by atoms with Crippen molar-refractivity contribution in [3.63, 3.8) is 0 Å². The van der Waals surface area contributed by atoms with Crippen LogP contribution in [0, 0.1) is 11.3 Å². The fraction of sp³-hybridized carbons (Fsp3) is 0.0769. The molecule has 0 aliphatic rings. The van der Waals surface area contributed by atoms with Crippen LogP contribution in [0.5, 0.6) is 0 Å². The highest BCUT2D eigenvalue weighted by atomic mass is 32.2. The first-order valence-corrected chi connectivity index (χ1v) is 7.14. The lowest BCUT2D eigenvalue weighted by Gasteiger charge is -2.07. The van der Waals surface area contributed by atoms with Gasteiger partial charge < -0.3 is 0 Å². The van der Waals surface area contributed by atoms with Crippen LogP contribution in [-0.2, 0) is 21.5 Å². The van der Waals surface area contributed by atoms with Crippen LogP contribution in [-0.4, -0.2) is 13.4 Å². The molecule has 0 unspecified atom stereocenters. The van der Waals surface area contributed by atoms with Crippen molar-refractivity contribution in [3.05, 3.63) is 59.9 Å². The number of aromatic nitrogens is 1. The fourth-order valence-electron chi connectivity index (χ4n) is 1.50. The lowest BCUT2D eigenvalue weighted by Crippen LogP contribution is -2.25. The number of pyridine rings is 1. The number of hydrogen-bond acceptors (Lipinski definition) is 5. The first-order chi connectivity index (χ1) is 9.63. The molecule has 0 saturated heterocycles. The van der Waals surface area contributed by atoms with E-state index in [9.17, 15) is 8.42 Å². The number of nitrogens with zero attached hydrogens (tertiary/aromatic N) is 2. The molecule has 0 fully saturated rings. The molecule has 2 aromatic rings. The summed E-state index contributed by atoms with van der Waals surface area (Å²) in [6.45, 7) is 0.0855. The van der Waals surface area contributed by atoms with E-state index in [0.29, 0.717) is 0 Å². The summed E-state index contributed by atoms with van der Waals surface area (Å²) in [5.41, 5.74) is 0.644. The first kappa shape index (κ1) is 14.1. The minimum Gasteiger partial charge on any atom is -0.282 e. The van der Waals surface area contributed by atoms with E-state index < -0.39 is 10.0 Å². The van der Waals surface area contributed by atoms with Gasteiger partial charge in [-0.1, -0.05) is 35.2 Å². The van der Waals surface area contributed by atoms with Gasteiger partial charge in [0.1, 0.15) is 11.0 Å². The number of nitriles is 1. The van der Waals surface area contributed by atoms with Crippen LogP contribution in [0.4, 0.5) is 0 Å². The van der Waals surface area contributed by atoms with Crippen LogP contribution >= 0.6 is 0 Å². The van der Waals surface area contributed by atoms with Crippen LogP contribution in [0.2, 0.25) is 0 Å². The summed E-state index contributed by atoms with van der Waals surface area (Å²) in [6.07, 6.45) is 1.35. The monoisotopic (exact) mass is 289 g/mol. The van der Waals surface area contributed by atoms with Crippen molar-refractivity contribution in [2.45, 2.75) is 11.5 Å². The Kier molecular flexibility index (Phi) is 4.42. The zero-order valence-electron chi connectivity index (χ0n) is 10.4. The van der Waals surface area contributed by atoms with Crippen molar-refractivity contribution in [2.24, 2.45) is 0 Å². The van der Waals surface area contributed by atoms with E-state index in [4.69, 9.17) is 10.1 Å². The zero-order chi connectivity index (χ0) is 14.4. The van der Waals surface area contributed by atoms with Gasteiger partial charge in [-0.25, -0.2) is 13.4 Å². The van der Waals surface area contributed by atoms with E-state index in [1.54, 1.807) is 18.2 Å². The minimum absolute atomic E-state index is 0.0855. The van der Waals surface area contributed by atoms with Gasteiger partial charge in [-0.15, -0.1) is 0 Å². The Hall–Kier alpha value is -2.27. The summed E-state index contributed by atoms with van der Waals surface area (Å²) in [6, 6.07) is 13.6. The van der Waals surface area contributed by atoms with Crippen molar-refractivity contribution < 1.29 is 13.3 Å². The third-order valence-corrected chi connectivity index (χ3v) is 3.66. The molecular weight excluding hydrogens is 278 g/mol. The second-order valence-corrected chi connectivity index (χ2v) is 5.44. The minimum atomic E-state index is -3.93. The predicted octanol–water partition coefficient (Wildman–Crippen LogP) is 1.36. The highest BCUT2D eigenvalue weighted by Crippen LogP contribution is 2.12. The topological polar surface area (TPSA) is 92.1 Å². The van der Waals surface area contributed by atoms with Gasteiger partial charge in [-0.05, 0) is 17.7 Å². The summed E-state index contributed by atoms with van der Waals surface area (Å²) in [5, 5.41) is 8.84. The lowest BCUT2D eigenvalue weighted by atomic mass is 10.2. The Morgan fingerprint density at radius 3 is 2.65 bits per heavy atom. The highest BCUT2D eigenvalue weighted by molar-refractivity contribution is 7.89. The average Bonchev–Trinajstić information content (AvgIpc) is 2.48. The van der Waals surface area contributed by atoms with Crippen LogP contribution in [0.1, 0.15) is 11.3 Å². The van der Waals surface area contributed by atoms with Gasteiger partial charge in [0, 0.05) is 6.20 Å². The Balaban J connectivity index is 2.07. The zero-order valence-corrected chi connectivity index (χ0v) is 11.2. The molecule has 0 aliphatic heterocycles. The Morgan fingerprint density at radius 2 is 1.95 bits per heavy atom. The van der Waals surface area contributed by atoms with Gasteiger partial charge in [0.05, 0.1) is 6.61 Å². The van der Waals surface area contributed by atoms with Crippen LogP contribution in [0.25, 0.3) is 0 Å². The van der Waals surface area contributed by atoms with Gasteiger partial charge in [0.2, 0.25) is 0 Å². The molecule has 0 radical (unpaired) electrons. The number of nitrogens with one attached hydrogen (secondary N) is 1. The van der Waals surface area contributed by atoms with Gasteiger partial charge in [-0.2, -0.15) is 5.26 Å². The second kappa shape index (κ2) is 6.25. The molecule has 0 amide bonds. The Bertz CT molecular complexity index is 724. The van der Waals surface area contributed by atoms with Crippen molar-refractivity contribution >= 4 is 10.0 Å². The van der Waals surface area contributed by atoms with E-state index in [-0.39, 0.29) is 17.2 Å². The number of benzene rings is 1. The first-order valence-electron chi connectivity index (χ1n) is 5.66. The van der Waals surface area contributed by atoms with E-state index in [1.165, 1.54) is 18.3 Å². The largest absolute Gasteiger partial charge is 0.282 e. The van der Waals surface area contributed by atoms with Gasteiger partial charge >= 0.3 is 0 Å². The summed E-state index contributed by atoms with van der Waals surface area (Å²) in [7, 11) is -3.93. The van der Waals surface area contributed by atoms with Crippen molar-refractivity contribution in [2.75, 3.05) is 0 Å². The van der Waals surface area contributed by atoms with Crippen molar-refractivity contribution in [1.29, 1.82) is 5.26 Å². The van der Waals surface area contributed by atoms with E-state index >= 15 is 0 Å². The molecule has 7 heteroatoms. The number of hydrogen-bond donors (Lipinski definition) is 1. The van der Waals surface area contributed by atoms with E-state index in [1.807, 2.05) is 23.1 Å². The molecule has 1 N–H and O–H groups in total. The third-order valence-electron chi connectivity index (χ3n) is 2.42. The summed E-state index contributed by atoms with van der Waals surface area (Å²) in [5.74, 6) is 0. The normalized spacial score (nSPS) is 10.9. The van der Waals surface area contributed by atoms with Crippen LogP contribution in [0.15, 0.2) is 53.6 Å². The molecule has 6 nitrogen and oxygen atoms in total. The van der Waals surface area contributed by atoms with E-state index in [2.05, 4.69) is 4.98 Å². The molecule has 0 aliphatic carbocycles. The molecule has 0 bridgehead atoms. The predicted molar refractivity (Wildman–Crippen MR) is 70.5 cm³/mol. The summed E-state index contributed by atoms with van der Waals surface area (Å²) >= 11 is 0. The molecule has 1 heterocycles. The standard InChI is InChI=1S/C13H11N3O3S/c14-9-12-13(7-4-8-15-12)20(17,18)16-19-10-11-5-2-1-3-6-11/h1-8,16H,10H2. The van der Waals surface area contributed by atoms with E-state index in [0.717, 1.165) is 5.56 Å². The summed E-state index contributed by atoms with van der Waals surface area (Å²) in [4.78, 5) is 10.4. The van der Waals surface area contributed by atoms with Crippen molar-refractivity contribution in [3.8, 4) is 6.07 Å². The van der Waals surface area contributed by atoms with Crippen LogP contribution in [0.3, 0.4) is 0 Å². The number of sulfonamides is 1. The molecule has 1 aromatic carbocycles. The Morgan fingerprint density at radius 1 is 1.20 bits per heavy atom. The fourth-order valence-corrected chi connectivity index (χ4v) is 2.42. The second-order valence-electron chi connectivity index (χ2n) is 3.82. The third kappa shape index (κ3) is 3.39. The molecule has 2 rings (SSSR count). The van der Waals surface area contributed by atoms with Crippen molar-refractivity contribution in [1.82, 2.24) is 9.87 Å². The van der Waals surface area contributed by atoms with Gasteiger partial charge in [-0.3, -0.25) is 4.84 Å². The van der Waals surface area contributed by atoms with Gasteiger partial charge in [0.25, 0.3) is 10.0 Å². The average molecular weight is 289 g/mol. The summed E-state index contributed by atoms with van der Waals surface area (Å²) < 4.78 is 23.9. The maximum atomic E-state index is 12.0. The molecule has 0 spiro atoms. The van der Waals surface area contributed by atoms with Crippen LogP contribution < -0.4 is 4.89 Å². The molecule has 0 atom stereocenters. The highest BCUT2D eigenvalue weighted by Gasteiger charge is 2.19. The van der Waals surface area contributed by atoms with Gasteiger partial charge in [0.15, 0.2) is 5.69 Å². The maximum absolute atomic E-state index is 12.0. The SMILES string of the molecule is N#Cc1ncccc1S(=O)(=O)NOCc1ccccc1. The molecule has 102 valence electrons.